The van der Waals surface area contributed by atoms with Gasteiger partial charge in [0.25, 0.3) is 0 Å². The molecule has 2 heterocycles. The highest BCUT2D eigenvalue weighted by Crippen LogP contribution is 2.34. The number of nitrogens with zero attached hydrogens (tertiary/aromatic N) is 3. The fraction of sp³-hybridized carbons (Fsp3) is 0.263. The van der Waals surface area contributed by atoms with E-state index in [2.05, 4.69) is 15.2 Å². The molecule has 0 bridgehead atoms. The normalized spacial score (nSPS) is 11.4. The van der Waals surface area contributed by atoms with Crippen molar-refractivity contribution in [3.8, 4) is 17.1 Å². The Bertz CT molecular complexity index is 944. The van der Waals surface area contributed by atoms with Crippen LogP contribution in [0.5, 0.6) is 5.88 Å². The number of rotatable bonds is 8. The molecule has 2 aromatic heterocycles. The van der Waals surface area contributed by atoms with Crippen LogP contribution < -0.4 is 4.74 Å². The van der Waals surface area contributed by atoms with E-state index in [-0.39, 0.29) is 0 Å². The van der Waals surface area contributed by atoms with Crippen molar-refractivity contribution in [1.82, 2.24) is 15.2 Å². The van der Waals surface area contributed by atoms with Gasteiger partial charge >= 0.3 is 5.97 Å². The SMILES string of the molecule is CC(C)(Sc1nc(CCOc2ccc(-c3ccc(Cl)cc3)nn2)cs1)C(=O)O. The molecule has 6 nitrogen and oxygen atoms in total. The number of aromatic nitrogens is 3. The Balaban J connectivity index is 1.51. The minimum atomic E-state index is -0.910. The molecule has 1 aromatic carbocycles. The van der Waals surface area contributed by atoms with Crippen LogP contribution in [0.4, 0.5) is 0 Å². The molecule has 0 aliphatic carbocycles. The lowest BCUT2D eigenvalue weighted by atomic mass is 10.1. The molecule has 9 heteroatoms. The van der Waals surface area contributed by atoms with Crippen molar-refractivity contribution >= 4 is 40.7 Å². The maximum atomic E-state index is 11.2. The van der Waals surface area contributed by atoms with Gasteiger partial charge in [-0.05, 0) is 32.0 Å². The zero-order valence-electron chi connectivity index (χ0n) is 15.3. The third kappa shape index (κ3) is 5.43. The number of carboxylic acids is 1. The summed E-state index contributed by atoms with van der Waals surface area (Å²) in [5.41, 5.74) is 2.53. The number of hydrogen-bond donors (Lipinski definition) is 1. The number of aliphatic carboxylic acids is 1. The molecule has 0 atom stereocenters. The molecule has 0 spiro atoms. The summed E-state index contributed by atoms with van der Waals surface area (Å²) < 4.78 is 5.46. The van der Waals surface area contributed by atoms with E-state index in [0.717, 1.165) is 21.3 Å². The lowest BCUT2D eigenvalue weighted by Crippen LogP contribution is -2.26. The van der Waals surface area contributed by atoms with Crippen LogP contribution >= 0.6 is 34.7 Å². The Hall–Kier alpha value is -2.16. The molecule has 0 saturated heterocycles. The highest BCUT2D eigenvalue weighted by atomic mass is 35.5. The van der Waals surface area contributed by atoms with Gasteiger partial charge in [0.1, 0.15) is 4.75 Å². The Morgan fingerprint density at radius 2 is 1.96 bits per heavy atom. The van der Waals surface area contributed by atoms with Gasteiger partial charge in [-0.2, -0.15) is 0 Å². The predicted molar refractivity (Wildman–Crippen MR) is 111 cm³/mol. The van der Waals surface area contributed by atoms with E-state index in [0.29, 0.717) is 23.9 Å². The number of carbonyl (C=O) groups is 1. The average Bonchev–Trinajstić information content (AvgIpc) is 3.09. The summed E-state index contributed by atoms with van der Waals surface area (Å²) in [5.74, 6) is -0.423. The van der Waals surface area contributed by atoms with Gasteiger partial charge in [0.2, 0.25) is 5.88 Å². The van der Waals surface area contributed by atoms with Crippen LogP contribution in [0.15, 0.2) is 46.1 Å². The van der Waals surface area contributed by atoms with Crippen LogP contribution in [0.3, 0.4) is 0 Å². The first-order valence-electron chi connectivity index (χ1n) is 8.43. The summed E-state index contributed by atoms with van der Waals surface area (Å²) in [5, 5.41) is 20.1. The number of hydrogen-bond acceptors (Lipinski definition) is 7. The van der Waals surface area contributed by atoms with Gasteiger partial charge < -0.3 is 9.84 Å². The van der Waals surface area contributed by atoms with Crippen molar-refractivity contribution in [3.63, 3.8) is 0 Å². The Morgan fingerprint density at radius 3 is 2.61 bits per heavy atom. The average molecular weight is 436 g/mol. The largest absolute Gasteiger partial charge is 0.480 e. The molecule has 28 heavy (non-hydrogen) atoms. The molecule has 0 unspecified atom stereocenters. The van der Waals surface area contributed by atoms with Gasteiger partial charge in [-0.15, -0.1) is 21.5 Å². The summed E-state index contributed by atoms with van der Waals surface area (Å²) in [4.78, 5) is 15.7. The Kier molecular flexibility index (Phi) is 6.53. The molecule has 0 amide bonds. The molecular weight excluding hydrogens is 418 g/mol. The lowest BCUT2D eigenvalue weighted by Gasteiger charge is -2.15. The minimum Gasteiger partial charge on any atom is -0.480 e. The molecule has 0 aliphatic rings. The fourth-order valence-electron chi connectivity index (χ4n) is 2.14. The first-order chi connectivity index (χ1) is 13.3. The minimum absolute atomic E-state index is 0.408. The van der Waals surface area contributed by atoms with E-state index >= 15 is 0 Å². The van der Waals surface area contributed by atoms with Crippen LogP contribution in [0.1, 0.15) is 19.5 Å². The third-order valence-corrected chi connectivity index (χ3v) is 6.20. The Morgan fingerprint density at radius 1 is 1.21 bits per heavy atom. The van der Waals surface area contributed by atoms with Crippen LogP contribution in [0.2, 0.25) is 5.02 Å². The summed E-state index contributed by atoms with van der Waals surface area (Å²) in [6, 6.07) is 11.0. The van der Waals surface area contributed by atoms with Crippen LogP contribution in [0, 0.1) is 0 Å². The topological polar surface area (TPSA) is 85.2 Å². The number of thiazole rings is 1. The molecular formula is C19H18ClN3O3S2. The monoisotopic (exact) mass is 435 g/mol. The molecule has 0 aliphatic heterocycles. The van der Waals surface area contributed by atoms with Gasteiger partial charge in [0.05, 0.1) is 18.0 Å². The van der Waals surface area contributed by atoms with Gasteiger partial charge in [0.15, 0.2) is 4.34 Å². The van der Waals surface area contributed by atoms with Crippen molar-refractivity contribution in [1.29, 1.82) is 0 Å². The number of ether oxygens (including phenoxy) is 1. The number of thioether (sulfide) groups is 1. The second-order valence-electron chi connectivity index (χ2n) is 6.38. The number of benzene rings is 1. The van der Waals surface area contributed by atoms with Crippen molar-refractivity contribution < 1.29 is 14.6 Å². The highest BCUT2D eigenvalue weighted by molar-refractivity contribution is 8.02. The first-order valence-corrected chi connectivity index (χ1v) is 10.5. The second kappa shape index (κ2) is 8.89. The van der Waals surface area contributed by atoms with Gasteiger partial charge in [-0.1, -0.05) is 35.5 Å². The maximum absolute atomic E-state index is 11.2. The maximum Gasteiger partial charge on any atom is 0.319 e. The lowest BCUT2D eigenvalue weighted by molar-refractivity contribution is -0.138. The van der Waals surface area contributed by atoms with Crippen molar-refractivity contribution in [2.45, 2.75) is 29.4 Å². The van der Waals surface area contributed by atoms with Gasteiger partial charge in [-0.25, -0.2) is 4.98 Å². The summed E-state index contributed by atoms with van der Waals surface area (Å²) in [7, 11) is 0. The van der Waals surface area contributed by atoms with E-state index in [4.69, 9.17) is 16.3 Å². The molecule has 3 aromatic rings. The zero-order valence-corrected chi connectivity index (χ0v) is 17.6. The van der Waals surface area contributed by atoms with Crippen molar-refractivity contribution in [2.24, 2.45) is 0 Å². The fourth-order valence-corrected chi connectivity index (χ4v) is 4.50. The van der Waals surface area contributed by atoms with E-state index in [9.17, 15) is 9.90 Å². The van der Waals surface area contributed by atoms with Gasteiger partial charge in [0, 0.05) is 28.5 Å². The van der Waals surface area contributed by atoms with Gasteiger partial charge in [-0.3, -0.25) is 4.79 Å². The van der Waals surface area contributed by atoms with Crippen LogP contribution in [-0.4, -0.2) is 37.6 Å². The molecule has 0 saturated carbocycles. The van der Waals surface area contributed by atoms with E-state index in [1.54, 1.807) is 32.0 Å². The summed E-state index contributed by atoms with van der Waals surface area (Å²) >= 11 is 8.57. The van der Waals surface area contributed by atoms with Crippen LogP contribution in [0.25, 0.3) is 11.3 Å². The zero-order chi connectivity index (χ0) is 20.1. The number of carboxylic acid groups (broad SMARTS) is 1. The molecule has 0 radical (unpaired) electrons. The Labute approximate surface area is 175 Å². The summed E-state index contributed by atoms with van der Waals surface area (Å²) in [6.07, 6.45) is 0.602. The quantitative estimate of drug-likeness (QED) is 0.507. The predicted octanol–water partition coefficient (Wildman–Crippen LogP) is 4.83. The molecule has 0 fully saturated rings. The van der Waals surface area contributed by atoms with E-state index < -0.39 is 10.7 Å². The second-order valence-corrected chi connectivity index (χ2v) is 9.55. The van der Waals surface area contributed by atoms with E-state index in [1.165, 1.54) is 23.1 Å². The molecule has 146 valence electrons. The standard InChI is InChI=1S/C19H18ClN3O3S2/c1-19(2,17(24)25)28-18-21-14(11-27-18)9-10-26-16-8-7-15(22-23-16)12-3-5-13(20)6-4-12/h3-8,11H,9-10H2,1-2H3,(H,24,25). The highest BCUT2D eigenvalue weighted by Gasteiger charge is 2.29. The van der Waals surface area contributed by atoms with Crippen molar-refractivity contribution in [3.05, 3.63) is 52.5 Å². The van der Waals surface area contributed by atoms with Crippen LogP contribution in [-0.2, 0) is 11.2 Å². The third-order valence-electron chi connectivity index (χ3n) is 3.78. The first kappa shape index (κ1) is 20.6. The number of halogens is 1. The van der Waals surface area contributed by atoms with E-state index in [1.807, 2.05) is 23.6 Å². The van der Waals surface area contributed by atoms with Crippen molar-refractivity contribution in [2.75, 3.05) is 6.61 Å². The molecule has 1 N–H and O–H groups in total. The summed E-state index contributed by atoms with van der Waals surface area (Å²) in [6.45, 7) is 3.73. The molecule has 3 rings (SSSR count). The smallest absolute Gasteiger partial charge is 0.319 e.